The topological polar surface area (TPSA) is 95.5 Å². The molecule has 166 valence electrons. The van der Waals surface area contributed by atoms with Crippen LogP contribution in [0.25, 0.3) is 0 Å². The number of hydrogen-bond acceptors (Lipinski definition) is 6. The summed E-state index contributed by atoms with van der Waals surface area (Å²) >= 11 is 5.84. The highest BCUT2D eigenvalue weighted by Crippen LogP contribution is 2.21. The van der Waals surface area contributed by atoms with Gasteiger partial charge in [0.1, 0.15) is 11.0 Å². The number of carbonyl (C=O) groups excluding carboxylic acids is 1. The molecule has 0 saturated carbocycles. The summed E-state index contributed by atoms with van der Waals surface area (Å²) in [6.45, 7) is 3.56. The molecule has 0 spiro atoms. The lowest BCUT2D eigenvalue weighted by molar-refractivity contribution is 0.102. The van der Waals surface area contributed by atoms with E-state index in [1.165, 1.54) is 16.4 Å². The molecule has 1 aliphatic rings. The summed E-state index contributed by atoms with van der Waals surface area (Å²) in [4.78, 5) is 22.7. The van der Waals surface area contributed by atoms with Crippen LogP contribution >= 0.6 is 11.6 Å². The number of nitrogens with zero attached hydrogens (tertiary/aromatic N) is 4. The van der Waals surface area contributed by atoms with Crippen molar-refractivity contribution in [1.82, 2.24) is 14.3 Å². The molecule has 1 aliphatic heterocycles. The molecule has 0 atom stereocenters. The third-order valence-electron chi connectivity index (χ3n) is 5.18. The monoisotopic (exact) mass is 471 g/mol. The van der Waals surface area contributed by atoms with Crippen molar-refractivity contribution in [3.05, 3.63) is 77.1 Å². The molecule has 3 heterocycles. The first-order chi connectivity index (χ1) is 15.3. The van der Waals surface area contributed by atoms with Gasteiger partial charge >= 0.3 is 0 Å². The number of amides is 1. The minimum atomic E-state index is -3.70. The molecule has 1 N–H and O–H groups in total. The lowest BCUT2D eigenvalue weighted by Gasteiger charge is -2.34. The van der Waals surface area contributed by atoms with Gasteiger partial charge in [0.05, 0.1) is 11.9 Å². The molecule has 2 aromatic heterocycles. The van der Waals surface area contributed by atoms with Gasteiger partial charge in [-0.3, -0.25) is 4.79 Å². The van der Waals surface area contributed by atoms with Crippen LogP contribution in [0.5, 0.6) is 0 Å². The number of halogens is 1. The van der Waals surface area contributed by atoms with Gasteiger partial charge in [-0.05, 0) is 43.3 Å². The zero-order valence-corrected chi connectivity index (χ0v) is 19.0. The van der Waals surface area contributed by atoms with Crippen molar-refractivity contribution < 1.29 is 13.2 Å². The number of carbonyl (C=O) groups is 1. The van der Waals surface area contributed by atoms with E-state index >= 15 is 0 Å². The Morgan fingerprint density at radius 2 is 1.72 bits per heavy atom. The van der Waals surface area contributed by atoms with Crippen molar-refractivity contribution in [3.8, 4) is 0 Å². The molecular weight excluding hydrogens is 450 g/mol. The Kier molecular flexibility index (Phi) is 6.40. The minimum absolute atomic E-state index is 0.0507. The lowest BCUT2D eigenvalue weighted by Crippen LogP contribution is -2.49. The van der Waals surface area contributed by atoms with E-state index in [2.05, 4.69) is 15.3 Å². The lowest BCUT2D eigenvalue weighted by atomic mass is 10.1. The number of benzene rings is 1. The number of nitrogens with one attached hydrogen (secondary N) is 1. The largest absolute Gasteiger partial charge is 0.354 e. The molecule has 0 aliphatic carbocycles. The Labute approximate surface area is 191 Å². The third-order valence-corrected chi connectivity index (χ3v) is 7.19. The van der Waals surface area contributed by atoms with Crippen molar-refractivity contribution in [1.29, 1.82) is 0 Å². The van der Waals surface area contributed by atoms with E-state index < -0.39 is 10.0 Å². The van der Waals surface area contributed by atoms with E-state index in [0.717, 1.165) is 11.4 Å². The molecule has 3 aromatic rings. The highest BCUT2D eigenvalue weighted by atomic mass is 35.5. The van der Waals surface area contributed by atoms with Crippen LogP contribution in [0.15, 0.2) is 65.8 Å². The molecule has 0 bridgehead atoms. The molecule has 32 heavy (non-hydrogen) atoms. The van der Waals surface area contributed by atoms with Crippen molar-refractivity contribution in [2.75, 3.05) is 36.4 Å². The number of pyridine rings is 2. The number of sulfonamides is 1. The normalized spacial score (nSPS) is 14.9. The third kappa shape index (κ3) is 4.90. The molecule has 1 fully saturated rings. The summed E-state index contributed by atoms with van der Waals surface area (Å²) < 4.78 is 27.0. The first-order valence-corrected chi connectivity index (χ1v) is 11.9. The highest BCUT2D eigenvalue weighted by Gasteiger charge is 2.30. The molecule has 1 amide bonds. The van der Waals surface area contributed by atoms with Crippen LogP contribution in [0.2, 0.25) is 5.15 Å². The van der Waals surface area contributed by atoms with Gasteiger partial charge < -0.3 is 10.2 Å². The molecular formula is C22H22ClN5O3S. The van der Waals surface area contributed by atoms with Gasteiger partial charge in [0.25, 0.3) is 15.9 Å². The minimum Gasteiger partial charge on any atom is -0.354 e. The van der Waals surface area contributed by atoms with Crippen LogP contribution in [0.4, 0.5) is 11.5 Å². The second-order valence-corrected chi connectivity index (χ2v) is 9.69. The van der Waals surface area contributed by atoms with Crippen LogP contribution in [0.1, 0.15) is 15.9 Å². The van der Waals surface area contributed by atoms with Crippen LogP contribution < -0.4 is 10.2 Å². The molecule has 10 heteroatoms. The average Bonchev–Trinajstić information content (AvgIpc) is 2.80. The summed E-state index contributed by atoms with van der Waals surface area (Å²) in [6.07, 6.45) is 1.60. The van der Waals surface area contributed by atoms with Gasteiger partial charge in [0, 0.05) is 31.7 Å². The van der Waals surface area contributed by atoms with Gasteiger partial charge in [-0.2, -0.15) is 4.31 Å². The molecule has 1 saturated heterocycles. The fourth-order valence-corrected chi connectivity index (χ4v) is 4.97. The van der Waals surface area contributed by atoms with E-state index in [0.29, 0.717) is 37.4 Å². The van der Waals surface area contributed by atoms with Crippen molar-refractivity contribution in [3.63, 3.8) is 0 Å². The van der Waals surface area contributed by atoms with Crippen molar-refractivity contribution >= 4 is 39.0 Å². The fraction of sp³-hybridized carbons (Fsp3) is 0.227. The zero-order valence-electron chi connectivity index (χ0n) is 17.4. The van der Waals surface area contributed by atoms with E-state index in [1.807, 2.05) is 30.0 Å². The summed E-state index contributed by atoms with van der Waals surface area (Å²) in [5, 5.41) is 2.92. The molecule has 4 rings (SSSR count). The molecule has 1 aromatic carbocycles. The van der Waals surface area contributed by atoms with Gasteiger partial charge in [0.2, 0.25) is 0 Å². The second kappa shape index (κ2) is 9.23. The molecule has 0 unspecified atom stereocenters. The summed E-state index contributed by atoms with van der Waals surface area (Å²) in [5.74, 6) is 0.518. The standard InChI is InChI=1S/C22H22ClN5O3S/c1-16-5-7-17(8-6-16)22(29)25-18-9-10-20(24-15-18)27-11-13-28(14-12-27)32(30,31)21-4-2-3-19(23)26-21/h2-10,15H,11-14H2,1H3,(H,25,29). The Morgan fingerprint density at radius 1 is 1.00 bits per heavy atom. The van der Waals surface area contributed by atoms with Gasteiger partial charge in [0.15, 0.2) is 5.03 Å². The Balaban J connectivity index is 1.37. The number of piperazine rings is 1. The quantitative estimate of drug-likeness (QED) is 0.574. The van der Waals surface area contributed by atoms with Crippen molar-refractivity contribution in [2.24, 2.45) is 0 Å². The Hall–Kier alpha value is -3.01. The van der Waals surface area contributed by atoms with E-state index in [9.17, 15) is 13.2 Å². The number of hydrogen-bond donors (Lipinski definition) is 1. The maximum Gasteiger partial charge on any atom is 0.260 e. The number of aromatic nitrogens is 2. The van der Waals surface area contributed by atoms with Crippen LogP contribution in [-0.2, 0) is 10.0 Å². The highest BCUT2D eigenvalue weighted by molar-refractivity contribution is 7.89. The maximum atomic E-state index is 12.8. The Bertz CT molecular complexity index is 1210. The Morgan fingerprint density at radius 3 is 2.34 bits per heavy atom. The van der Waals surface area contributed by atoms with E-state index in [-0.39, 0.29) is 16.1 Å². The molecule has 8 nitrogen and oxygen atoms in total. The van der Waals surface area contributed by atoms with Gasteiger partial charge in [-0.1, -0.05) is 35.4 Å². The summed E-state index contributed by atoms with van der Waals surface area (Å²) in [7, 11) is -3.70. The SMILES string of the molecule is Cc1ccc(C(=O)Nc2ccc(N3CCN(S(=O)(=O)c4cccc(Cl)n4)CC3)nc2)cc1. The fourth-order valence-electron chi connectivity index (χ4n) is 3.38. The summed E-state index contributed by atoms with van der Waals surface area (Å²) in [5.41, 5.74) is 2.25. The van der Waals surface area contributed by atoms with Crippen LogP contribution in [-0.4, -0.2) is 54.8 Å². The average molecular weight is 472 g/mol. The van der Waals surface area contributed by atoms with Gasteiger partial charge in [-0.15, -0.1) is 0 Å². The maximum absolute atomic E-state index is 12.8. The number of anilines is 2. The number of rotatable bonds is 5. The summed E-state index contributed by atoms with van der Waals surface area (Å²) in [6, 6.07) is 15.5. The van der Waals surface area contributed by atoms with E-state index in [4.69, 9.17) is 11.6 Å². The predicted octanol–water partition coefficient (Wildman–Crippen LogP) is 3.20. The second-order valence-electron chi connectivity index (χ2n) is 7.41. The zero-order chi connectivity index (χ0) is 22.7. The first kappa shape index (κ1) is 22.2. The van der Waals surface area contributed by atoms with E-state index in [1.54, 1.807) is 30.5 Å². The smallest absolute Gasteiger partial charge is 0.260 e. The van der Waals surface area contributed by atoms with Crippen LogP contribution in [0.3, 0.4) is 0 Å². The van der Waals surface area contributed by atoms with Crippen LogP contribution in [0, 0.1) is 6.92 Å². The first-order valence-electron chi connectivity index (χ1n) is 10.0. The number of aryl methyl sites for hydroxylation is 1. The predicted molar refractivity (Wildman–Crippen MR) is 124 cm³/mol. The van der Waals surface area contributed by atoms with Gasteiger partial charge in [-0.25, -0.2) is 18.4 Å². The molecule has 0 radical (unpaired) electrons. The van der Waals surface area contributed by atoms with Crippen molar-refractivity contribution in [2.45, 2.75) is 11.9 Å².